The molecule has 0 saturated carbocycles. The second kappa shape index (κ2) is 12.5. The number of halogens is 1. The van der Waals surface area contributed by atoms with Gasteiger partial charge in [-0.1, -0.05) is 18.2 Å². The molecule has 3 aliphatic rings. The molecule has 1 heterocycles. The molecule has 0 radical (unpaired) electrons. The van der Waals surface area contributed by atoms with E-state index in [0.717, 1.165) is 5.56 Å². The average Bonchev–Trinajstić information content (AvgIpc) is 3.03. The highest BCUT2D eigenvalue weighted by Crippen LogP contribution is 2.52. The summed E-state index contributed by atoms with van der Waals surface area (Å²) in [6.45, 7) is 3.21. The summed E-state index contributed by atoms with van der Waals surface area (Å²) in [6, 6.07) is 9.06. The molecule has 0 spiro atoms. The second-order valence-electron chi connectivity index (χ2n) is 12.2. The topological polar surface area (TPSA) is 192 Å². The molecule has 0 amide bonds. The quantitative estimate of drug-likeness (QED) is 0.119. The Morgan fingerprint density at radius 1 is 1.09 bits per heavy atom. The van der Waals surface area contributed by atoms with E-state index >= 15 is 0 Å². The zero-order valence-corrected chi connectivity index (χ0v) is 27.9. The van der Waals surface area contributed by atoms with Crippen molar-refractivity contribution < 1.29 is 54.1 Å². The molecule has 2 aliphatic carbocycles. The highest BCUT2D eigenvalue weighted by Gasteiger charge is 2.49. The summed E-state index contributed by atoms with van der Waals surface area (Å²) < 4.78 is 18.3. The van der Waals surface area contributed by atoms with Gasteiger partial charge in [0.25, 0.3) is 0 Å². The first-order valence-corrected chi connectivity index (χ1v) is 16.1. The number of ether oxygens (including phenoxy) is 3. The summed E-state index contributed by atoms with van der Waals surface area (Å²) in [7, 11) is 1.34. The number of benzene rings is 3. The van der Waals surface area contributed by atoms with Crippen LogP contribution in [0.1, 0.15) is 81.3 Å². The smallest absolute Gasteiger partial charge is 0.202 e. The maximum Gasteiger partial charge on any atom is 0.202 e. The van der Waals surface area contributed by atoms with Gasteiger partial charge in [-0.05, 0) is 60.2 Å². The van der Waals surface area contributed by atoms with Crippen molar-refractivity contribution in [3.63, 3.8) is 0 Å². The minimum absolute atomic E-state index is 0.0225. The molecular weight excluding hydrogens is 723 g/mol. The minimum Gasteiger partial charge on any atom is -0.507 e. The van der Waals surface area contributed by atoms with E-state index in [1.54, 1.807) is 19.1 Å². The first-order chi connectivity index (χ1) is 22.2. The van der Waals surface area contributed by atoms with Crippen molar-refractivity contribution in [3.05, 3.63) is 78.9 Å². The second-order valence-corrected chi connectivity index (χ2v) is 13.4. The van der Waals surface area contributed by atoms with Crippen molar-refractivity contribution >= 4 is 39.9 Å². The minimum atomic E-state index is -2.04. The maximum atomic E-state index is 13.9. The Hall–Kier alpha value is -3.60. The zero-order valence-electron chi connectivity index (χ0n) is 25.7. The molecule has 0 aromatic heterocycles. The first kappa shape index (κ1) is 33.3. The Balaban J connectivity index is 1.37. The number of nitrogens with one attached hydrogen (secondary N) is 1. The van der Waals surface area contributed by atoms with Crippen molar-refractivity contribution in [2.24, 2.45) is 0 Å². The Morgan fingerprint density at radius 3 is 2.49 bits per heavy atom. The molecule has 1 fully saturated rings. The number of hydrogen-bond acceptors (Lipinski definition) is 12. The van der Waals surface area contributed by atoms with Crippen LogP contribution in [0.4, 0.5) is 0 Å². The van der Waals surface area contributed by atoms with Gasteiger partial charge >= 0.3 is 0 Å². The molecule has 0 bridgehead atoms. The normalized spacial score (nSPS) is 26.7. The molecule has 1 aliphatic heterocycles. The fraction of sp³-hybridized carbons (Fsp3) is 0.382. The van der Waals surface area contributed by atoms with E-state index in [1.165, 1.54) is 32.2 Å². The van der Waals surface area contributed by atoms with Gasteiger partial charge in [-0.15, -0.1) is 0 Å². The molecule has 0 unspecified atom stereocenters. The number of phenols is 3. The summed E-state index contributed by atoms with van der Waals surface area (Å²) in [6.07, 6.45) is -4.59. The number of carbonyl (C=O) groups excluding carboxylic acids is 3. The third kappa shape index (κ3) is 5.68. The van der Waals surface area contributed by atoms with Gasteiger partial charge in [0.05, 0.1) is 45.7 Å². The van der Waals surface area contributed by atoms with Crippen LogP contribution in [-0.4, -0.2) is 80.1 Å². The fourth-order valence-corrected chi connectivity index (χ4v) is 7.32. The van der Waals surface area contributed by atoms with E-state index in [-0.39, 0.29) is 46.6 Å². The Kier molecular flexibility index (Phi) is 8.82. The number of ketones is 3. The van der Waals surface area contributed by atoms with Gasteiger partial charge in [-0.3, -0.25) is 14.4 Å². The number of Topliss-reactive ketones (excluding diaryl/α,β-unsaturated/α-hetero) is 1. The summed E-state index contributed by atoms with van der Waals surface area (Å²) >= 11 is 2.02. The summed E-state index contributed by atoms with van der Waals surface area (Å²) in [5.74, 6) is -3.07. The Labute approximate surface area is 283 Å². The van der Waals surface area contributed by atoms with E-state index in [9.17, 15) is 39.9 Å². The first-order valence-electron chi connectivity index (χ1n) is 15.1. The standard InChI is InChI=1S/C34H34INO11/c1-14-29(39)20(36-13-16-7-8-21(38)19(35)9-16)10-24(46-14)47-23-12-34(44,15(2)37)11-18-26(23)33(43)28-27(31(18)41)30(40)17-5-4-6-22(45-3)25(17)32(28)42/h4-9,14,20,23-24,29,36,38-39,41,43-44H,10-13H2,1-3H3/t14-,20-,23-,24-,29+,34-/m0/s1/i35-2. The maximum absolute atomic E-state index is 13.9. The van der Waals surface area contributed by atoms with E-state index in [4.69, 9.17) is 14.2 Å². The average molecular weight is 758 g/mol. The number of methoxy groups -OCH3 is 1. The van der Waals surface area contributed by atoms with Gasteiger partial charge in [0, 0.05) is 48.5 Å². The summed E-state index contributed by atoms with van der Waals surface area (Å²) in [5.41, 5.74) is -2.26. The van der Waals surface area contributed by atoms with Crippen LogP contribution in [0.15, 0.2) is 36.4 Å². The van der Waals surface area contributed by atoms with Crippen molar-refractivity contribution in [1.82, 2.24) is 5.32 Å². The lowest BCUT2D eigenvalue weighted by Gasteiger charge is -2.43. The van der Waals surface area contributed by atoms with Crippen LogP contribution in [0.25, 0.3) is 0 Å². The fourth-order valence-electron chi connectivity index (χ4n) is 6.74. The van der Waals surface area contributed by atoms with Crippen molar-refractivity contribution in [1.29, 1.82) is 0 Å². The van der Waals surface area contributed by atoms with Crippen molar-refractivity contribution in [2.45, 2.75) is 75.9 Å². The van der Waals surface area contributed by atoms with Crippen LogP contribution >= 0.6 is 22.6 Å². The number of aliphatic hydroxyl groups is 2. The lowest BCUT2D eigenvalue weighted by atomic mass is 9.72. The van der Waals surface area contributed by atoms with Crippen LogP contribution in [0.3, 0.4) is 0 Å². The van der Waals surface area contributed by atoms with Gasteiger partial charge in [-0.25, -0.2) is 0 Å². The predicted molar refractivity (Wildman–Crippen MR) is 174 cm³/mol. The molecule has 3 aromatic carbocycles. The largest absolute Gasteiger partial charge is 0.507 e. The van der Waals surface area contributed by atoms with Crippen LogP contribution in [0, 0.1) is 3.57 Å². The lowest BCUT2D eigenvalue weighted by molar-refractivity contribution is -0.249. The zero-order chi connectivity index (χ0) is 33.9. The molecule has 47 heavy (non-hydrogen) atoms. The Bertz CT molecular complexity index is 1810. The van der Waals surface area contributed by atoms with Gasteiger partial charge in [0.15, 0.2) is 17.9 Å². The number of rotatable bonds is 7. The van der Waals surface area contributed by atoms with Crippen LogP contribution in [0.2, 0.25) is 0 Å². The number of aromatic hydroxyl groups is 3. The molecule has 1 saturated heterocycles. The number of phenolic OH excluding ortho intramolecular Hbond substituents is 3. The number of carbonyl (C=O) groups is 3. The molecule has 13 heteroatoms. The number of fused-ring (bicyclic) bond motifs is 3. The van der Waals surface area contributed by atoms with E-state index in [1.807, 2.05) is 28.7 Å². The monoisotopic (exact) mass is 757 g/mol. The summed E-state index contributed by atoms with van der Waals surface area (Å²) in [5, 5.41) is 58.8. The van der Waals surface area contributed by atoms with Crippen LogP contribution < -0.4 is 10.1 Å². The van der Waals surface area contributed by atoms with E-state index in [0.29, 0.717) is 10.1 Å². The lowest BCUT2D eigenvalue weighted by Crippen LogP contribution is -2.54. The molecule has 6 rings (SSSR count). The molecule has 12 nitrogen and oxygen atoms in total. The molecular formula is C34H34INO11. The van der Waals surface area contributed by atoms with Crippen molar-refractivity contribution in [2.75, 3.05) is 7.11 Å². The van der Waals surface area contributed by atoms with Gasteiger partial charge in [0.1, 0.15) is 28.6 Å². The molecule has 6 N–H and O–H groups in total. The highest BCUT2D eigenvalue weighted by atomic mass is 125. The molecule has 248 valence electrons. The van der Waals surface area contributed by atoms with Gasteiger partial charge < -0.3 is 45.1 Å². The van der Waals surface area contributed by atoms with E-state index < -0.39 is 82.6 Å². The van der Waals surface area contributed by atoms with Crippen molar-refractivity contribution in [3.8, 4) is 23.0 Å². The van der Waals surface area contributed by atoms with Gasteiger partial charge in [-0.2, -0.15) is 0 Å². The van der Waals surface area contributed by atoms with Gasteiger partial charge in [0.2, 0.25) is 5.78 Å². The van der Waals surface area contributed by atoms with Crippen LogP contribution in [0.5, 0.6) is 23.0 Å². The van der Waals surface area contributed by atoms with Crippen LogP contribution in [-0.2, 0) is 27.2 Å². The molecule has 6 atom stereocenters. The highest BCUT2D eigenvalue weighted by molar-refractivity contribution is 14.1. The number of aliphatic hydroxyl groups excluding tert-OH is 1. The SMILES string of the molecule is COc1cccc2c1C(=O)c1c(O)c3c(c(O)c1C2=O)C[C@@](O)(C(C)=O)C[C@@H]3O[C@H]1C[C@H](NCc2ccc(O)c([125I])c2)[C@H](O)[C@H](C)O1. The third-order valence-corrected chi connectivity index (χ3v) is 10.2. The summed E-state index contributed by atoms with van der Waals surface area (Å²) in [4.78, 5) is 40.3. The Morgan fingerprint density at radius 2 is 1.81 bits per heavy atom. The number of hydrogen-bond donors (Lipinski definition) is 6. The van der Waals surface area contributed by atoms with E-state index in [2.05, 4.69) is 5.32 Å². The molecule has 3 aromatic rings. The predicted octanol–water partition coefficient (Wildman–Crippen LogP) is 3.17. The third-order valence-electron chi connectivity index (χ3n) is 9.33.